The number of carbonyl (C=O) groups is 1. The molecule has 138 valence electrons. The van der Waals surface area contributed by atoms with Gasteiger partial charge in [-0.1, -0.05) is 30.3 Å². The molecule has 3 aromatic rings. The van der Waals surface area contributed by atoms with Crippen LogP contribution in [0.3, 0.4) is 0 Å². The van der Waals surface area contributed by atoms with Crippen molar-refractivity contribution in [2.45, 2.75) is 6.42 Å². The summed E-state index contributed by atoms with van der Waals surface area (Å²) < 4.78 is 19.0. The van der Waals surface area contributed by atoms with Crippen molar-refractivity contribution in [1.82, 2.24) is 4.98 Å². The topological polar surface area (TPSA) is 63.2 Å². The molecule has 0 spiro atoms. The van der Waals surface area contributed by atoms with Gasteiger partial charge in [0.05, 0.1) is 12.8 Å². The average Bonchev–Trinajstić information content (AvgIpc) is 2.70. The first-order chi connectivity index (χ1) is 13.2. The van der Waals surface area contributed by atoms with Crippen LogP contribution in [0.4, 0.5) is 15.8 Å². The molecule has 0 atom stereocenters. The summed E-state index contributed by atoms with van der Waals surface area (Å²) in [5.41, 5.74) is 2.19. The van der Waals surface area contributed by atoms with Gasteiger partial charge in [0.2, 0.25) is 0 Å². The molecule has 0 aliphatic heterocycles. The Balaban J connectivity index is 1.62. The monoisotopic (exact) mass is 365 g/mol. The zero-order valence-corrected chi connectivity index (χ0v) is 14.9. The Morgan fingerprint density at radius 1 is 1.11 bits per heavy atom. The van der Waals surface area contributed by atoms with Crippen molar-refractivity contribution in [3.05, 3.63) is 83.9 Å². The van der Waals surface area contributed by atoms with Gasteiger partial charge in [-0.05, 0) is 42.3 Å². The maximum atomic E-state index is 13.7. The van der Waals surface area contributed by atoms with E-state index in [1.807, 2.05) is 24.3 Å². The van der Waals surface area contributed by atoms with E-state index in [0.717, 1.165) is 23.4 Å². The van der Waals surface area contributed by atoms with E-state index in [4.69, 9.17) is 4.74 Å². The Hall–Kier alpha value is -3.41. The van der Waals surface area contributed by atoms with Gasteiger partial charge >= 0.3 is 0 Å². The Labute approximate surface area is 157 Å². The van der Waals surface area contributed by atoms with E-state index >= 15 is 0 Å². The second-order valence-electron chi connectivity index (χ2n) is 5.85. The van der Waals surface area contributed by atoms with Gasteiger partial charge in [0.25, 0.3) is 5.91 Å². The van der Waals surface area contributed by atoms with Gasteiger partial charge in [0.15, 0.2) is 0 Å². The van der Waals surface area contributed by atoms with Crippen LogP contribution in [0.2, 0.25) is 0 Å². The highest BCUT2D eigenvalue weighted by Gasteiger charge is 2.11. The summed E-state index contributed by atoms with van der Waals surface area (Å²) >= 11 is 0. The highest BCUT2D eigenvalue weighted by molar-refractivity contribution is 6.03. The molecule has 6 heteroatoms. The predicted octanol–water partition coefficient (Wildman–Crippen LogP) is 4.14. The van der Waals surface area contributed by atoms with Gasteiger partial charge < -0.3 is 15.4 Å². The fraction of sp³-hybridized carbons (Fsp3) is 0.143. The third-order valence-electron chi connectivity index (χ3n) is 4.03. The number of hydrogen-bond donors (Lipinski definition) is 2. The standard InChI is InChI=1S/C21H20FN3O2/c1-27-20-9-5-2-6-15(20)10-12-23-16-11-13-24-19(14-16)21(26)25-18-8-4-3-7-17(18)22/h2-9,11,13-14H,10,12H2,1H3,(H,23,24)(H,25,26). The molecule has 0 aliphatic carbocycles. The molecule has 0 unspecified atom stereocenters. The Kier molecular flexibility index (Phi) is 5.99. The molecule has 1 aromatic heterocycles. The molecule has 0 bridgehead atoms. The van der Waals surface area contributed by atoms with Gasteiger partial charge in [-0.25, -0.2) is 4.39 Å². The maximum absolute atomic E-state index is 13.7. The number of methoxy groups -OCH3 is 1. The quantitative estimate of drug-likeness (QED) is 0.661. The van der Waals surface area contributed by atoms with Crippen molar-refractivity contribution in [2.75, 3.05) is 24.3 Å². The summed E-state index contributed by atoms with van der Waals surface area (Å²) in [6.07, 6.45) is 2.31. The van der Waals surface area contributed by atoms with E-state index in [1.54, 1.807) is 37.6 Å². The van der Waals surface area contributed by atoms with Crippen molar-refractivity contribution in [3.8, 4) is 5.75 Å². The van der Waals surface area contributed by atoms with Crippen LogP contribution < -0.4 is 15.4 Å². The molecule has 1 amide bonds. The molecule has 3 rings (SSSR count). The number of anilines is 2. The predicted molar refractivity (Wildman–Crippen MR) is 104 cm³/mol. The molecular formula is C21H20FN3O2. The summed E-state index contributed by atoms with van der Waals surface area (Å²) in [7, 11) is 1.65. The Morgan fingerprint density at radius 3 is 2.70 bits per heavy atom. The highest BCUT2D eigenvalue weighted by atomic mass is 19.1. The van der Waals surface area contributed by atoms with Gasteiger partial charge in [0, 0.05) is 18.4 Å². The maximum Gasteiger partial charge on any atom is 0.274 e. The van der Waals surface area contributed by atoms with Crippen LogP contribution in [-0.2, 0) is 6.42 Å². The minimum absolute atomic E-state index is 0.124. The summed E-state index contributed by atoms with van der Waals surface area (Å²) in [5.74, 6) is -0.107. The van der Waals surface area contributed by atoms with Crippen molar-refractivity contribution in [3.63, 3.8) is 0 Å². The average molecular weight is 365 g/mol. The number of amides is 1. The lowest BCUT2D eigenvalue weighted by molar-refractivity contribution is 0.102. The number of rotatable bonds is 7. The van der Waals surface area contributed by atoms with Crippen molar-refractivity contribution in [2.24, 2.45) is 0 Å². The fourth-order valence-corrected chi connectivity index (χ4v) is 2.66. The number of halogens is 1. The Bertz CT molecular complexity index is 931. The minimum atomic E-state index is -0.489. The van der Waals surface area contributed by atoms with Crippen LogP contribution in [0.25, 0.3) is 0 Å². The summed E-state index contributed by atoms with van der Waals surface area (Å²) in [6.45, 7) is 0.665. The first kappa shape index (κ1) is 18.4. The number of benzene rings is 2. The normalized spacial score (nSPS) is 10.3. The Morgan fingerprint density at radius 2 is 1.89 bits per heavy atom. The van der Waals surface area contributed by atoms with E-state index in [-0.39, 0.29) is 11.4 Å². The van der Waals surface area contributed by atoms with Crippen LogP contribution in [0.5, 0.6) is 5.75 Å². The first-order valence-corrected chi connectivity index (χ1v) is 8.55. The lowest BCUT2D eigenvalue weighted by Gasteiger charge is -2.11. The van der Waals surface area contributed by atoms with Crippen LogP contribution in [0.15, 0.2) is 66.9 Å². The molecule has 5 nitrogen and oxygen atoms in total. The van der Waals surface area contributed by atoms with E-state index in [2.05, 4.69) is 15.6 Å². The molecule has 0 aliphatic rings. The van der Waals surface area contributed by atoms with Crippen molar-refractivity contribution < 1.29 is 13.9 Å². The molecule has 0 radical (unpaired) electrons. The van der Waals surface area contributed by atoms with Gasteiger partial charge in [0.1, 0.15) is 17.3 Å². The van der Waals surface area contributed by atoms with Gasteiger partial charge in [-0.2, -0.15) is 0 Å². The first-order valence-electron chi connectivity index (χ1n) is 8.55. The smallest absolute Gasteiger partial charge is 0.274 e. The number of para-hydroxylation sites is 2. The number of aromatic nitrogens is 1. The zero-order chi connectivity index (χ0) is 19.1. The highest BCUT2D eigenvalue weighted by Crippen LogP contribution is 2.18. The van der Waals surface area contributed by atoms with E-state index in [1.165, 1.54) is 12.1 Å². The van der Waals surface area contributed by atoms with Crippen molar-refractivity contribution >= 4 is 17.3 Å². The fourth-order valence-electron chi connectivity index (χ4n) is 2.66. The lowest BCUT2D eigenvalue weighted by atomic mass is 10.1. The van der Waals surface area contributed by atoms with E-state index in [0.29, 0.717) is 6.54 Å². The third-order valence-corrected chi connectivity index (χ3v) is 4.03. The molecule has 2 aromatic carbocycles. The number of nitrogens with zero attached hydrogens (tertiary/aromatic N) is 1. The number of hydrogen-bond acceptors (Lipinski definition) is 4. The lowest BCUT2D eigenvalue weighted by Crippen LogP contribution is -2.15. The second-order valence-corrected chi connectivity index (χ2v) is 5.85. The summed E-state index contributed by atoms with van der Waals surface area (Å²) in [4.78, 5) is 16.4. The molecular weight excluding hydrogens is 345 g/mol. The zero-order valence-electron chi connectivity index (χ0n) is 14.9. The third kappa shape index (κ3) is 4.82. The number of ether oxygens (including phenoxy) is 1. The van der Waals surface area contributed by atoms with Crippen molar-refractivity contribution in [1.29, 1.82) is 0 Å². The van der Waals surface area contributed by atoms with Crippen LogP contribution in [0.1, 0.15) is 16.1 Å². The molecule has 27 heavy (non-hydrogen) atoms. The molecule has 1 heterocycles. The van der Waals surface area contributed by atoms with Gasteiger partial charge in [-0.3, -0.25) is 9.78 Å². The van der Waals surface area contributed by atoms with Crippen LogP contribution >= 0.6 is 0 Å². The molecule has 0 saturated carbocycles. The number of carbonyl (C=O) groups excluding carboxylic acids is 1. The molecule has 0 saturated heterocycles. The van der Waals surface area contributed by atoms with Gasteiger partial charge in [-0.15, -0.1) is 0 Å². The SMILES string of the molecule is COc1ccccc1CCNc1ccnc(C(=O)Nc2ccccc2F)c1. The van der Waals surface area contributed by atoms with Crippen LogP contribution in [0, 0.1) is 5.82 Å². The summed E-state index contributed by atoms with van der Waals surface area (Å²) in [5, 5.41) is 5.80. The van der Waals surface area contributed by atoms with E-state index in [9.17, 15) is 9.18 Å². The van der Waals surface area contributed by atoms with Crippen LogP contribution in [-0.4, -0.2) is 24.5 Å². The second kappa shape index (κ2) is 8.80. The largest absolute Gasteiger partial charge is 0.496 e. The number of pyridine rings is 1. The molecule has 0 fully saturated rings. The minimum Gasteiger partial charge on any atom is -0.496 e. The van der Waals surface area contributed by atoms with E-state index < -0.39 is 11.7 Å². The summed E-state index contributed by atoms with van der Waals surface area (Å²) in [6, 6.07) is 17.3. The molecule has 2 N–H and O–H groups in total. The number of nitrogens with one attached hydrogen (secondary N) is 2.